The van der Waals surface area contributed by atoms with Crippen molar-refractivity contribution in [2.24, 2.45) is 5.10 Å². The number of benzene rings is 1. The zero-order chi connectivity index (χ0) is 15.9. The second-order valence-electron chi connectivity index (χ2n) is 4.48. The number of anilines is 1. The van der Waals surface area contributed by atoms with Gasteiger partial charge in [-0.05, 0) is 18.6 Å². The molecule has 0 bridgehead atoms. The van der Waals surface area contributed by atoms with Crippen molar-refractivity contribution in [2.45, 2.75) is 6.92 Å². The maximum atomic E-state index is 11.7. The van der Waals surface area contributed by atoms with Crippen LogP contribution in [0.15, 0.2) is 41.8 Å². The summed E-state index contributed by atoms with van der Waals surface area (Å²) in [6.07, 6.45) is 4.30. The van der Waals surface area contributed by atoms with Crippen LogP contribution in [0.4, 0.5) is 5.69 Å². The molecule has 0 spiro atoms. The van der Waals surface area contributed by atoms with E-state index in [1.807, 2.05) is 31.2 Å². The molecule has 1 aromatic carbocycles. The Morgan fingerprint density at radius 2 is 1.95 bits per heavy atom. The number of aromatic nitrogens is 1. The van der Waals surface area contributed by atoms with Gasteiger partial charge in [-0.25, -0.2) is 5.43 Å². The van der Waals surface area contributed by atoms with Crippen LogP contribution in [0.25, 0.3) is 0 Å². The predicted molar refractivity (Wildman–Crippen MR) is 89.7 cm³/mol. The van der Waals surface area contributed by atoms with Gasteiger partial charge in [0.1, 0.15) is 0 Å². The third-order valence-corrected chi connectivity index (χ3v) is 3.46. The lowest BCUT2D eigenvalue weighted by Crippen LogP contribution is -2.26. The molecule has 2 rings (SSSR count). The Balaban J connectivity index is 1.88. The van der Waals surface area contributed by atoms with Crippen LogP contribution in [0, 0.1) is 6.92 Å². The first-order valence-corrected chi connectivity index (χ1v) is 7.24. The van der Waals surface area contributed by atoms with E-state index in [1.165, 1.54) is 18.6 Å². The van der Waals surface area contributed by atoms with Gasteiger partial charge in [0.15, 0.2) is 0 Å². The SMILES string of the molecule is Cc1ccccc1NCC(=O)N/N=C/c1c(Cl)cncc1Cl. The van der Waals surface area contributed by atoms with E-state index in [2.05, 4.69) is 20.8 Å². The number of carbonyl (C=O) groups is 1. The molecule has 0 fully saturated rings. The number of halogens is 2. The molecule has 1 heterocycles. The highest BCUT2D eigenvalue weighted by atomic mass is 35.5. The zero-order valence-corrected chi connectivity index (χ0v) is 13.3. The number of amides is 1. The summed E-state index contributed by atoms with van der Waals surface area (Å²) in [5.41, 5.74) is 4.88. The summed E-state index contributed by atoms with van der Waals surface area (Å²) in [7, 11) is 0. The average molecular weight is 337 g/mol. The van der Waals surface area contributed by atoms with Crippen LogP contribution in [0.2, 0.25) is 10.0 Å². The van der Waals surface area contributed by atoms with Gasteiger partial charge in [-0.15, -0.1) is 0 Å². The van der Waals surface area contributed by atoms with Gasteiger partial charge in [-0.2, -0.15) is 5.10 Å². The van der Waals surface area contributed by atoms with Crippen molar-refractivity contribution in [1.29, 1.82) is 0 Å². The topological polar surface area (TPSA) is 66.4 Å². The van der Waals surface area contributed by atoms with E-state index in [9.17, 15) is 4.79 Å². The Morgan fingerprint density at radius 1 is 1.27 bits per heavy atom. The van der Waals surface area contributed by atoms with Crippen LogP contribution in [0.1, 0.15) is 11.1 Å². The van der Waals surface area contributed by atoms with Gasteiger partial charge in [0.2, 0.25) is 0 Å². The summed E-state index contributed by atoms with van der Waals surface area (Å²) in [5, 5.41) is 7.60. The minimum Gasteiger partial charge on any atom is -0.376 e. The van der Waals surface area contributed by atoms with Crippen LogP contribution < -0.4 is 10.7 Å². The Bertz CT molecular complexity index is 683. The van der Waals surface area contributed by atoms with Crippen LogP contribution in [-0.2, 0) is 4.79 Å². The Morgan fingerprint density at radius 3 is 2.64 bits per heavy atom. The second kappa shape index (κ2) is 7.77. The average Bonchev–Trinajstić information content (AvgIpc) is 2.49. The molecule has 0 aliphatic heterocycles. The molecule has 22 heavy (non-hydrogen) atoms. The van der Waals surface area contributed by atoms with Gasteiger partial charge in [0, 0.05) is 23.6 Å². The number of carbonyl (C=O) groups excluding carboxylic acids is 1. The van der Waals surface area contributed by atoms with Gasteiger partial charge in [-0.1, -0.05) is 41.4 Å². The molecule has 0 unspecified atom stereocenters. The van der Waals surface area contributed by atoms with Crippen molar-refractivity contribution in [1.82, 2.24) is 10.4 Å². The molecule has 0 saturated carbocycles. The first-order chi connectivity index (χ1) is 10.6. The number of nitrogens with one attached hydrogen (secondary N) is 2. The maximum Gasteiger partial charge on any atom is 0.259 e. The Hall–Kier alpha value is -2.11. The van der Waals surface area contributed by atoms with Gasteiger partial charge in [0.25, 0.3) is 5.91 Å². The second-order valence-corrected chi connectivity index (χ2v) is 5.29. The van der Waals surface area contributed by atoms with Gasteiger partial charge in [0.05, 0.1) is 22.8 Å². The highest BCUT2D eigenvalue weighted by molar-refractivity contribution is 6.38. The van der Waals surface area contributed by atoms with E-state index < -0.39 is 0 Å². The van der Waals surface area contributed by atoms with Crippen LogP contribution >= 0.6 is 23.2 Å². The standard InChI is InChI=1S/C15H14Cl2N4O/c1-10-4-2-3-5-14(10)19-9-15(22)21-20-6-11-12(16)7-18-8-13(11)17/h2-8,19H,9H2,1H3,(H,21,22)/b20-6+. The van der Waals surface area contributed by atoms with Crippen molar-refractivity contribution in [3.63, 3.8) is 0 Å². The Kier molecular flexibility index (Phi) is 5.75. The molecular weight excluding hydrogens is 323 g/mol. The van der Waals surface area contributed by atoms with E-state index in [0.717, 1.165) is 11.3 Å². The summed E-state index contributed by atoms with van der Waals surface area (Å²) in [6, 6.07) is 7.71. The van der Waals surface area contributed by atoms with Crippen molar-refractivity contribution in [2.75, 3.05) is 11.9 Å². The zero-order valence-electron chi connectivity index (χ0n) is 11.8. The quantitative estimate of drug-likeness (QED) is 0.650. The fourth-order valence-corrected chi connectivity index (χ4v) is 2.16. The van der Waals surface area contributed by atoms with E-state index in [-0.39, 0.29) is 12.5 Å². The first kappa shape index (κ1) is 16.3. The molecule has 0 radical (unpaired) electrons. The highest BCUT2D eigenvalue weighted by Crippen LogP contribution is 2.20. The highest BCUT2D eigenvalue weighted by Gasteiger charge is 2.04. The van der Waals surface area contributed by atoms with Gasteiger partial charge < -0.3 is 5.32 Å². The van der Waals surface area contributed by atoms with E-state index in [4.69, 9.17) is 23.2 Å². The lowest BCUT2D eigenvalue weighted by molar-refractivity contribution is -0.119. The first-order valence-electron chi connectivity index (χ1n) is 6.48. The van der Waals surface area contributed by atoms with Gasteiger partial charge >= 0.3 is 0 Å². The van der Waals surface area contributed by atoms with E-state index in [0.29, 0.717) is 15.6 Å². The van der Waals surface area contributed by atoms with Crippen LogP contribution in [0.3, 0.4) is 0 Å². The molecule has 0 saturated heterocycles. The normalized spacial score (nSPS) is 10.7. The molecule has 0 atom stereocenters. The van der Waals surface area contributed by atoms with Crippen molar-refractivity contribution < 1.29 is 4.79 Å². The molecular formula is C15H14Cl2N4O. The summed E-state index contributed by atoms with van der Waals surface area (Å²) < 4.78 is 0. The smallest absolute Gasteiger partial charge is 0.259 e. The van der Waals surface area contributed by atoms with Crippen molar-refractivity contribution >= 4 is 41.0 Å². The van der Waals surface area contributed by atoms with E-state index in [1.54, 1.807) is 0 Å². The third kappa shape index (κ3) is 4.44. The molecule has 1 amide bonds. The monoisotopic (exact) mass is 336 g/mol. The molecule has 1 aromatic heterocycles. The number of hydrazone groups is 1. The van der Waals surface area contributed by atoms with Crippen LogP contribution in [-0.4, -0.2) is 23.7 Å². The largest absolute Gasteiger partial charge is 0.376 e. The predicted octanol–water partition coefficient (Wildman–Crippen LogP) is 3.26. The maximum absolute atomic E-state index is 11.7. The molecule has 2 aromatic rings. The summed E-state index contributed by atoms with van der Waals surface area (Å²) in [4.78, 5) is 15.6. The molecule has 0 aliphatic carbocycles. The molecule has 5 nitrogen and oxygen atoms in total. The third-order valence-electron chi connectivity index (χ3n) is 2.86. The van der Waals surface area contributed by atoms with Crippen molar-refractivity contribution in [3.05, 3.63) is 57.8 Å². The lowest BCUT2D eigenvalue weighted by Gasteiger charge is -2.07. The minimum atomic E-state index is -0.277. The number of rotatable bonds is 5. The number of aryl methyl sites for hydroxylation is 1. The fraction of sp³-hybridized carbons (Fsp3) is 0.133. The number of nitrogens with zero attached hydrogens (tertiary/aromatic N) is 2. The minimum absolute atomic E-state index is 0.111. The summed E-state index contributed by atoms with van der Waals surface area (Å²) >= 11 is 11.9. The molecule has 2 N–H and O–H groups in total. The number of hydrogen-bond donors (Lipinski definition) is 2. The number of pyridine rings is 1. The summed E-state index contributed by atoms with van der Waals surface area (Å²) in [6.45, 7) is 2.08. The molecule has 0 aliphatic rings. The molecule has 7 heteroatoms. The number of para-hydroxylation sites is 1. The fourth-order valence-electron chi connectivity index (χ4n) is 1.70. The molecule has 114 valence electrons. The van der Waals surface area contributed by atoms with Crippen molar-refractivity contribution in [3.8, 4) is 0 Å². The lowest BCUT2D eigenvalue weighted by atomic mass is 10.2. The van der Waals surface area contributed by atoms with E-state index >= 15 is 0 Å². The Labute approximate surface area is 138 Å². The van der Waals surface area contributed by atoms with Crippen LogP contribution in [0.5, 0.6) is 0 Å². The van der Waals surface area contributed by atoms with Gasteiger partial charge in [-0.3, -0.25) is 9.78 Å². The summed E-state index contributed by atoms with van der Waals surface area (Å²) in [5.74, 6) is -0.277. The number of hydrogen-bond acceptors (Lipinski definition) is 4.